The average molecular weight is 215 g/mol. The zero-order chi connectivity index (χ0) is 11.5. The van der Waals surface area contributed by atoms with Crippen molar-refractivity contribution in [2.24, 2.45) is 0 Å². The lowest BCUT2D eigenvalue weighted by molar-refractivity contribution is 0.793. The first kappa shape index (κ1) is 10.8. The minimum Gasteiger partial charge on any atom is -0.399 e. The molecule has 2 rings (SSSR count). The highest BCUT2D eigenvalue weighted by molar-refractivity contribution is 5.59. The van der Waals surface area contributed by atoms with E-state index in [9.17, 15) is 0 Å². The van der Waals surface area contributed by atoms with Crippen molar-refractivity contribution >= 4 is 11.4 Å². The first-order valence-corrected chi connectivity index (χ1v) is 5.72. The standard InChI is InChI=1S/C13H17N3/c1-10-9-12(5-6-13(10)15)16(8-2-7-14)11-3-4-11/h5-6,9,11H,2-4,8,15H2,1H3. The molecule has 0 aliphatic heterocycles. The molecule has 0 bridgehead atoms. The summed E-state index contributed by atoms with van der Waals surface area (Å²) in [6.45, 7) is 2.85. The molecule has 2 N–H and O–H groups in total. The van der Waals surface area contributed by atoms with Gasteiger partial charge in [-0.15, -0.1) is 0 Å². The molecule has 0 aromatic heterocycles. The third-order valence-corrected chi connectivity index (χ3v) is 3.04. The van der Waals surface area contributed by atoms with E-state index < -0.39 is 0 Å². The van der Waals surface area contributed by atoms with Crippen LogP contribution in [0.1, 0.15) is 24.8 Å². The average Bonchev–Trinajstić information content (AvgIpc) is 3.08. The monoisotopic (exact) mass is 215 g/mol. The third-order valence-electron chi connectivity index (χ3n) is 3.04. The molecule has 0 radical (unpaired) electrons. The number of nitrogen functional groups attached to an aromatic ring is 1. The predicted molar refractivity (Wildman–Crippen MR) is 66.2 cm³/mol. The van der Waals surface area contributed by atoms with Crippen molar-refractivity contribution in [3.8, 4) is 6.07 Å². The highest BCUT2D eigenvalue weighted by atomic mass is 15.2. The molecule has 0 amide bonds. The van der Waals surface area contributed by atoms with Crippen molar-refractivity contribution in [1.29, 1.82) is 5.26 Å². The van der Waals surface area contributed by atoms with Gasteiger partial charge >= 0.3 is 0 Å². The van der Waals surface area contributed by atoms with Crippen molar-refractivity contribution in [3.63, 3.8) is 0 Å². The lowest BCUT2D eigenvalue weighted by Crippen LogP contribution is -2.26. The molecule has 1 aromatic rings. The summed E-state index contributed by atoms with van der Waals surface area (Å²) < 4.78 is 0. The van der Waals surface area contributed by atoms with Crippen LogP contribution in [-0.2, 0) is 0 Å². The normalized spacial score (nSPS) is 14.5. The number of nitrogens with two attached hydrogens (primary N) is 1. The molecule has 0 atom stereocenters. The van der Waals surface area contributed by atoms with Gasteiger partial charge in [-0.1, -0.05) is 0 Å². The fraction of sp³-hybridized carbons (Fsp3) is 0.462. The number of hydrogen-bond acceptors (Lipinski definition) is 3. The first-order chi connectivity index (χ1) is 7.72. The van der Waals surface area contributed by atoms with Crippen LogP contribution in [0.15, 0.2) is 18.2 Å². The van der Waals surface area contributed by atoms with Crippen molar-refractivity contribution in [3.05, 3.63) is 23.8 Å². The second-order valence-corrected chi connectivity index (χ2v) is 4.37. The molecule has 0 heterocycles. The Hall–Kier alpha value is -1.69. The molecule has 3 nitrogen and oxygen atoms in total. The summed E-state index contributed by atoms with van der Waals surface area (Å²) in [7, 11) is 0. The smallest absolute Gasteiger partial charge is 0.0640 e. The minimum absolute atomic E-state index is 0.583. The summed E-state index contributed by atoms with van der Waals surface area (Å²) in [6.07, 6.45) is 3.07. The van der Waals surface area contributed by atoms with Crippen LogP contribution in [-0.4, -0.2) is 12.6 Å². The minimum atomic E-state index is 0.583. The Balaban J connectivity index is 2.18. The molecule has 1 fully saturated rings. The van der Waals surface area contributed by atoms with Crippen molar-refractivity contribution in [1.82, 2.24) is 0 Å². The summed E-state index contributed by atoms with van der Waals surface area (Å²) in [5.41, 5.74) is 8.95. The van der Waals surface area contributed by atoms with Gasteiger partial charge in [0, 0.05) is 24.0 Å². The van der Waals surface area contributed by atoms with Gasteiger partial charge in [0.1, 0.15) is 0 Å². The number of hydrogen-bond donors (Lipinski definition) is 1. The third kappa shape index (κ3) is 2.27. The topological polar surface area (TPSA) is 53.0 Å². The maximum absolute atomic E-state index is 8.67. The Bertz CT molecular complexity index is 416. The van der Waals surface area contributed by atoms with Crippen molar-refractivity contribution in [2.75, 3.05) is 17.2 Å². The lowest BCUT2D eigenvalue weighted by Gasteiger charge is -2.24. The Morgan fingerprint density at radius 3 is 2.81 bits per heavy atom. The molecule has 1 aliphatic carbocycles. The van der Waals surface area contributed by atoms with E-state index in [0.29, 0.717) is 12.5 Å². The summed E-state index contributed by atoms with van der Waals surface area (Å²) >= 11 is 0. The van der Waals surface area contributed by atoms with Gasteiger partial charge < -0.3 is 10.6 Å². The van der Waals surface area contributed by atoms with Gasteiger partial charge in [0.15, 0.2) is 0 Å². The molecule has 1 saturated carbocycles. The molecular weight excluding hydrogens is 198 g/mol. The largest absolute Gasteiger partial charge is 0.399 e. The maximum atomic E-state index is 8.67. The van der Waals surface area contributed by atoms with Crippen LogP contribution in [0, 0.1) is 18.3 Å². The Kier molecular flexibility index (Phi) is 3.00. The zero-order valence-electron chi connectivity index (χ0n) is 9.61. The van der Waals surface area contributed by atoms with E-state index in [4.69, 9.17) is 11.0 Å². The van der Waals surface area contributed by atoms with Crippen molar-refractivity contribution < 1.29 is 0 Å². The van der Waals surface area contributed by atoms with Crippen LogP contribution in [0.4, 0.5) is 11.4 Å². The van der Waals surface area contributed by atoms with E-state index in [0.717, 1.165) is 17.8 Å². The van der Waals surface area contributed by atoms with Crippen LogP contribution < -0.4 is 10.6 Å². The predicted octanol–water partition coefficient (Wildman–Crippen LogP) is 2.46. The highest BCUT2D eigenvalue weighted by Crippen LogP contribution is 2.32. The van der Waals surface area contributed by atoms with Crippen LogP contribution in [0.2, 0.25) is 0 Å². The van der Waals surface area contributed by atoms with Gasteiger partial charge in [0.25, 0.3) is 0 Å². The fourth-order valence-electron chi connectivity index (χ4n) is 1.92. The van der Waals surface area contributed by atoms with Crippen LogP contribution in [0.25, 0.3) is 0 Å². The number of nitrogens with zero attached hydrogens (tertiary/aromatic N) is 2. The molecule has 3 heteroatoms. The zero-order valence-corrected chi connectivity index (χ0v) is 9.61. The Morgan fingerprint density at radius 1 is 1.50 bits per heavy atom. The number of benzene rings is 1. The van der Waals surface area contributed by atoms with Gasteiger partial charge in [0.2, 0.25) is 0 Å². The number of rotatable bonds is 4. The van der Waals surface area contributed by atoms with Crippen LogP contribution >= 0.6 is 0 Å². The molecule has 1 aromatic carbocycles. The van der Waals surface area contributed by atoms with Gasteiger partial charge in [-0.2, -0.15) is 5.26 Å². The van der Waals surface area contributed by atoms with E-state index in [1.54, 1.807) is 0 Å². The summed E-state index contributed by atoms with van der Waals surface area (Å²) in [5.74, 6) is 0. The van der Waals surface area contributed by atoms with Gasteiger partial charge in [-0.3, -0.25) is 0 Å². The van der Waals surface area contributed by atoms with E-state index in [1.165, 1.54) is 18.5 Å². The molecule has 0 saturated heterocycles. The molecule has 0 spiro atoms. The van der Waals surface area contributed by atoms with Gasteiger partial charge in [-0.25, -0.2) is 0 Å². The number of anilines is 2. The molecule has 0 unspecified atom stereocenters. The lowest BCUT2D eigenvalue weighted by atomic mass is 10.1. The van der Waals surface area contributed by atoms with Crippen molar-refractivity contribution in [2.45, 2.75) is 32.2 Å². The molecule has 84 valence electrons. The highest BCUT2D eigenvalue weighted by Gasteiger charge is 2.28. The first-order valence-electron chi connectivity index (χ1n) is 5.72. The van der Waals surface area contributed by atoms with Crippen LogP contribution in [0.3, 0.4) is 0 Å². The van der Waals surface area contributed by atoms with Crippen LogP contribution in [0.5, 0.6) is 0 Å². The quantitative estimate of drug-likeness (QED) is 0.785. The van der Waals surface area contributed by atoms with Gasteiger partial charge in [-0.05, 0) is 43.5 Å². The molecule has 1 aliphatic rings. The van der Waals surface area contributed by atoms with E-state index >= 15 is 0 Å². The van der Waals surface area contributed by atoms with E-state index in [-0.39, 0.29) is 0 Å². The second kappa shape index (κ2) is 4.44. The van der Waals surface area contributed by atoms with E-state index in [1.807, 2.05) is 13.0 Å². The SMILES string of the molecule is Cc1cc(N(CCC#N)C2CC2)ccc1N. The summed E-state index contributed by atoms with van der Waals surface area (Å²) in [4.78, 5) is 2.33. The molecular formula is C13H17N3. The summed E-state index contributed by atoms with van der Waals surface area (Å²) in [6, 6.07) is 8.97. The Labute approximate surface area is 96.5 Å². The van der Waals surface area contributed by atoms with E-state index in [2.05, 4.69) is 23.1 Å². The number of nitriles is 1. The number of aryl methyl sites for hydroxylation is 1. The fourth-order valence-corrected chi connectivity index (χ4v) is 1.92. The molecule has 16 heavy (non-hydrogen) atoms. The summed E-state index contributed by atoms with van der Waals surface area (Å²) in [5, 5.41) is 8.67. The maximum Gasteiger partial charge on any atom is 0.0640 e. The van der Waals surface area contributed by atoms with Gasteiger partial charge in [0.05, 0.1) is 12.5 Å². The Morgan fingerprint density at radius 2 is 2.25 bits per heavy atom. The second-order valence-electron chi connectivity index (χ2n) is 4.37.